The van der Waals surface area contributed by atoms with Crippen molar-refractivity contribution < 1.29 is 44.3 Å². The second-order valence-corrected chi connectivity index (χ2v) is 3.35. The van der Waals surface area contributed by atoms with Gasteiger partial charge in [-0.1, -0.05) is 20.3 Å². The minimum Gasteiger partial charge on any atom is -1.00 e. The Morgan fingerprint density at radius 1 is 1.56 bits per heavy atom. The second kappa shape index (κ2) is 9.29. The van der Waals surface area contributed by atoms with E-state index in [4.69, 9.17) is 13.3 Å². The summed E-state index contributed by atoms with van der Waals surface area (Å²) in [6.45, 7) is 4.25. The van der Waals surface area contributed by atoms with Crippen molar-refractivity contribution >= 4 is 20.2 Å². The monoisotopic (exact) mass is 182 g/mol. The third kappa shape index (κ3) is 297. The molecule has 54 valence electrons. The Kier molecular flexibility index (Phi) is 17.2. The van der Waals surface area contributed by atoms with Gasteiger partial charge in [-0.2, -0.15) is 4.21 Å². The molecule has 0 spiro atoms. The first-order valence-corrected chi connectivity index (χ1v) is 4.51. The zero-order valence-electron chi connectivity index (χ0n) is 6.83. The van der Waals surface area contributed by atoms with Crippen LogP contribution in [0, 0.1) is 0 Å². The third-order valence-corrected chi connectivity index (χ3v) is 0. The van der Waals surface area contributed by atoms with E-state index in [9.17, 15) is 0 Å². The summed E-state index contributed by atoms with van der Waals surface area (Å²) in [5.74, 6) is 0. The fraction of sp³-hybridized carbons (Fsp3) is 1.00. The molecule has 0 unspecified atom stereocenters. The largest absolute Gasteiger partial charge is 1.00 e. The molecule has 0 radical (unpaired) electrons. The van der Waals surface area contributed by atoms with Gasteiger partial charge in [-0.05, 0) is 0 Å². The molecule has 0 amide bonds. The molecule has 0 fully saturated rings. The van der Waals surface area contributed by atoms with Crippen molar-refractivity contribution in [3.05, 3.63) is 0 Å². The normalized spacial score (nSPS) is 8.44. The van der Waals surface area contributed by atoms with E-state index in [-0.39, 0.29) is 31.0 Å². The zero-order chi connectivity index (χ0) is 7.21. The zero-order valence-corrected chi connectivity index (χ0v) is 9.46. The Labute approximate surface area is 84.3 Å². The predicted molar refractivity (Wildman–Crippen MR) is 37.8 cm³/mol. The van der Waals surface area contributed by atoms with Crippen LogP contribution < -0.4 is 29.6 Å². The third-order valence-electron chi connectivity index (χ3n) is 0. The van der Waals surface area contributed by atoms with Crippen LogP contribution in [0.2, 0.25) is 0 Å². The van der Waals surface area contributed by atoms with Gasteiger partial charge in [-0.15, -0.1) is 0 Å². The fourth-order valence-corrected chi connectivity index (χ4v) is 0. The van der Waals surface area contributed by atoms with E-state index in [1.807, 2.05) is 0 Å². The van der Waals surface area contributed by atoms with Crippen LogP contribution in [0.3, 0.4) is 0 Å². The molecule has 0 bridgehead atoms. The first-order chi connectivity index (χ1) is 3.41. The maximum Gasteiger partial charge on any atom is 1.00 e. The maximum atomic E-state index is 9.11. The van der Waals surface area contributed by atoms with Crippen LogP contribution in [0.25, 0.3) is 0 Å². The van der Waals surface area contributed by atoms with E-state index in [1.54, 1.807) is 0 Å². The van der Waals surface area contributed by atoms with Crippen molar-refractivity contribution in [1.29, 1.82) is 0 Å². The molecule has 0 rings (SSSR count). The van der Waals surface area contributed by atoms with Gasteiger partial charge >= 0.3 is 29.6 Å². The summed E-state index contributed by atoms with van der Waals surface area (Å²) in [6, 6.07) is 0. The average Bonchev–Trinajstić information content (AvgIpc) is 1.27. The smallest absolute Gasteiger partial charge is 1.00 e. The quantitative estimate of drug-likeness (QED) is 0.435. The van der Waals surface area contributed by atoms with Crippen molar-refractivity contribution in [1.82, 2.24) is 0 Å². The van der Waals surface area contributed by atoms with Crippen LogP contribution in [-0.2, 0) is 20.2 Å². The fourth-order valence-electron chi connectivity index (χ4n) is 0. The van der Waals surface area contributed by atoms with Gasteiger partial charge < -0.3 is 1.43 Å². The molecule has 0 aromatic heterocycles. The molecule has 0 atom stereocenters. The van der Waals surface area contributed by atoms with Gasteiger partial charge in [0.15, 0.2) is 0 Å². The predicted octanol–water partition coefficient (Wildman–Crippen LogP) is -1.79. The summed E-state index contributed by atoms with van der Waals surface area (Å²) >= 11 is 3.47. The summed E-state index contributed by atoms with van der Waals surface area (Å²) in [5, 5.41) is 0. The van der Waals surface area contributed by atoms with Gasteiger partial charge in [0.2, 0.25) is 0 Å². The van der Waals surface area contributed by atoms with Crippen LogP contribution in [0.15, 0.2) is 0 Å². The van der Waals surface area contributed by atoms with Crippen LogP contribution >= 0.6 is 0 Å². The van der Waals surface area contributed by atoms with Gasteiger partial charge in [0.05, 0.1) is 0 Å². The maximum absolute atomic E-state index is 9.11. The van der Waals surface area contributed by atoms with Gasteiger partial charge in [-0.3, -0.25) is 9.11 Å². The van der Waals surface area contributed by atoms with Gasteiger partial charge in [0, 0.05) is 11.2 Å². The number of hydrogen-bond donors (Lipinski definition) is 2. The Bertz CT molecular complexity index is 116. The van der Waals surface area contributed by atoms with Gasteiger partial charge in [0.1, 0.15) is 0 Å². The minimum absolute atomic E-state index is 0. The van der Waals surface area contributed by atoms with E-state index in [0.717, 1.165) is 0 Å². The SMILES string of the molecule is CCC.O=S(O)(O)=S.[H-].[Na+]. The molecule has 0 saturated heterocycles. The molecular weight excluding hydrogens is 171 g/mol. The van der Waals surface area contributed by atoms with E-state index < -0.39 is 9.05 Å². The van der Waals surface area contributed by atoms with Gasteiger partial charge in [0.25, 0.3) is 9.05 Å². The summed E-state index contributed by atoms with van der Waals surface area (Å²) < 4.78 is 24.0. The van der Waals surface area contributed by atoms with Crippen LogP contribution in [-0.4, -0.2) is 13.3 Å². The van der Waals surface area contributed by atoms with E-state index in [0.29, 0.717) is 0 Å². The topological polar surface area (TPSA) is 57.5 Å². The Morgan fingerprint density at radius 3 is 1.56 bits per heavy atom. The van der Waals surface area contributed by atoms with Crippen LogP contribution in [0.4, 0.5) is 0 Å². The first kappa shape index (κ1) is 16.7. The van der Waals surface area contributed by atoms with Crippen molar-refractivity contribution in [2.24, 2.45) is 0 Å². The molecule has 9 heavy (non-hydrogen) atoms. The first-order valence-electron chi connectivity index (χ1n) is 2.11. The molecule has 3 nitrogen and oxygen atoms in total. The summed E-state index contributed by atoms with van der Waals surface area (Å²) in [6.07, 6.45) is 1.25. The van der Waals surface area contributed by atoms with Crippen molar-refractivity contribution in [3.63, 3.8) is 0 Å². The molecule has 6 heteroatoms. The Balaban J connectivity index is -0.0000000326. The molecule has 0 heterocycles. The molecule has 0 saturated carbocycles. The Morgan fingerprint density at radius 2 is 1.56 bits per heavy atom. The summed E-state index contributed by atoms with van der Waals surface area (Å²) in [4.78, 5) is 0. The molecule has 0 aromatic carbocycles. The molecule has 2 N–H and O–H groups in total. The van der Waals surface area contributed by atoms with E-state index in [1.165, 1.54) is 6.42 Å². The van der Waals surface area contributed by atoms with Gasteiger partial charge in [-0.25, -0.2) is 0 Å². The molecule has 0 aliphatic carbocycles. The second-order valence-electron chi connectivity index (χ2n) is 1.15. The van der Waals surface area contributed by atoms with E-state index >= 15 is 0 Å². The molecule has 0 aromatic rings. The average molecular weight is 182 g/mol. The molecule has 0 aliphatic heterocycles. The summed E-state index contributed by atoms with van der Waals surface area (Å²) in [5.41, 5.74) is 0. The number of rotatable bonds is 0. The standard InChI is InChI=1S/C3H8.Na.H2O3S2.H/c1-3-2;;1-5(2,3)4;/h3H2,1-2H3;;(H2,1,2,3,4);/q;+1;;-1. The number of hydrogen-bond acceptors (Lipinski definition) is 2. The van der Waals surface area contributed by atoms with Crippen molar-refractivity contribution in [2.45, 2.75) is 20.3 Å². The minimum atomic E-state index is -3.83. The summed E-state index contributed by atoms with van der Waals surface area (Å²) in [7, 11) is -3.83. The molecular formula is C3H11NaO3S2. The Hall–Kier alpha value is 1.29. The van der Waals surface area contributed by atoms with E-state index in [2.05, 4.69) is 25.0 Å². The molecule has 0 aliphatic rings. The van der Waals surface area contributed by atoms with Crippen molar-refractivity contribution in [2.75, 3.05) is 0 Å². The van der Waals surface area contributed by atoms with Crippen molar-refractivity contribution in [3.8, 4) is 0 Å². The van der Waals surface area contributed by atoms with Crippen LogP contribution in [0.5, 0.6) is 0 Å². The van der Waals surface area contributed by atoms with Crippen LogP contribution in [0.1, 0.15) is 21.7 Å².